The third kappa shape index (κ3) is 4.00. The third-order valence-electron chi connectivity index (χ3n) is 2.33. The van der Waals surface area contributed by atoms with E-state index in [1.54, 1.807) is 12.1 Å². The maximum atomic E-state index is 12.4. The van der Waals surface area contributed by atoms with Crippen LogP contribution in [-0.2, 0) is 10.0 Å². The molecule has 0 saturated heterocycles. The van der Waals surface area contributed by atoms with Crippen LogP contribution in [-0.4, -0.2) is 37.6 Å². The molecule has 0 N–H and O–H groups in total. The minimum Gasteiger partial charge on any atom is -0.209 e. The fraction of sp³-hybridized carbons (Fsp3) is 0.455. The second kappa shape index (κ2) is 6.58. The third-order valence-corrected chi connectivity index (χ3v) is 4.57. The van der Waals surface area contributed by atoms with E-state index >= 15 is 0 Å². The second-order valence-electron chi connectivity index (χ2n) is 3.76. The molecule has 1 aromatic carbocycles. The van der Waals surface area contributed by atoms with Gasteiger partial charge in [0.15, 0.2) is 0 Å². The van der Waals surface area contributed by atoms with E-state index in [2.05, 4.69) is 15.9 Å². The monoisotopic (exact) mass is 341 g/mol. The lowest BCUT2D eigenvalue weighted by Gasteiger charge is -2.20. The zero-order chi connectivity index (χ0) is 13.8. The first-order valence-electron chi connectivity index (χ1n) is 5.29. The second-order valence-corrected chi connectivity index (χ2v) is 6.49. The standard InChI is InChI=1S/C11H14BrF2NO2S/c1-9-2-4-10(5-3-9)18(16,17)15(7-6-12)8-11(13)14/h2-5,11H,6-8H2,1H3. The molecule has 18 heavy (non-hydrogen) atoms. The topological polar surface area (TPSA) is 37.4 Å². The van der Waals surface area contributed by atoms with E-state index in [-0.39, 0.29) is 11.4 Å². The fourth-order valence-electron chi connectivity index (χ4n) is 1.42. The van der Waals surface area contributed by atoms with Crippen LogP contribution >= 0.6 is 15.9 Å². The van der Waals surface area contributed by atoms with E-state index in [0.717, 1.165) is 9.87 Å². The maximum Gasteiger partial charge on any atom is 0.252 e. The molecule has 1 rings (SSSR count). The van der Waals surface area contributed by atoms with Gasteiger partial charge in [0.05, 0.1) is 11.4 Å². The van der Waals surface area contributed by atoms with Crippen LogP contribution in [0.1, 0.15) is 5.56 Å². The van der Waals surface area contributed by atoms with Crippen molar-refractivity contribution >= 4 is 26.0 Å². The molecule has 0 aromatic heterocycles. The maximum absolute atomic E-state index is 12.4. The van der Waals surface area contributed by atoms with Gasteiger partial charge in [-0.25, -0.2) is 17.2 Å². The Morgan fingerprint density at radius 1 is 1.28 bits per heavy atom. The Morgan fingerprint density at radius 3 is 2.28 bits per heavy atom. The lowest BCUT2D eigenvalue weighted by molar-refractivity contribution is 0.121. The van der Waals surface area contributed by atoms with E-state index in [1.807, 2.05) is 6.92 Å². The molecular formula is C11H14BrF2NO2S. The van der Waals surface area contributed by atoms with Crippen molar-refractivity contribution in [3.63, 3.8) is 0 Å². The molecule has 0 fully saturated rings. The Balaban J connectivity index is 3.04. The lowest BCUT2D eigenvalue weighted by atomic mass is 10.2. The van der Waals surface area contributed by atoms with E-state index in [9.17, 15) is 17.2 Å². The smallest absolute Gasteiger partial charge is 0.209 e. The molecule has 0 aliphatic heterocycles. The number of halogens is 3. The highest BCUT2D eigenvalue weighted by Gasteiger charge is 2.26. The van der Waals surface area contributed by atoms with Gasteiger partial charge in [-0.15, -0.1) is 0 Å². The van der Waals surface area contributed by atoms with Gasteiger partial charge < -0.3 is 0 Å². The first-order valence-corrected chi connectivity index (χ1v) is 7.85. The summed E-state index contributed by atoms with van der Waals surface area (Å²) in [7, 11) is -3.85. The average Bonchev–Trinajstić information content (AvgIpc) is 2.28. The zero-order valence-corrected chi connectivity index (χ0v) is 12.2. The molecule has 0 bridgehead atoms. The number of benzene rings is 1. The Morgan fingerprint density at radius 2 is 1.83 bits per heavy atom. The summed E-state index contributed by atoms with van der Waals surface area (Å²) in [4.78, 5) is 0.0368. The molecule has 3 nitrogen and oxygen atoms in total. The first kappa shape index (κ1) is 15.5. The molecular weight excluding hydrogens is 328 g/mol. The lowest BCUT2D eigenvalue weighted by Crippen LogP contribution is -2.36. The van der Waals surface area contributed by atoms with Crippen molar-refractivity contribution < 1.29 is 17.2 Å². The van der Waals surface area contributed by atoms with Crippen molar-refractivity contribution in [3.05, 3.63) is 29.8 Å². The Hall–Kier alpha value is -0.530. The van der Waals surface area contributed by atoms with Gasteiger partial charge in [0.2, 0.25) is 10.0 Å². The summed E-state index contributed by atoms with van der Waals surface area (Å²) in [6, 6.07) is 6.14. The summed E-state index contributed by atoms with van der Waals surface area (Å²) < 4.78 is 49.9. The molecule has 0 spiro atoms. The number of hydrogen-bond donors (Lipinski definition) is 0. The van der Waals surface area contributed by atoms with Crippen LogP contribution < -0.4 is 0 Å². The summed E-state index contributed by atoms with van der Waals surface area (Å²) >= 11 is 3.07. The number of nitrogens with zero attached hydrogens (tertiary/aromatic N) is 1. The van der Waals surface area contributed by atoms with Gasteiger partial charge in [-0.2, -0.15) is 4.31 Å². The molecule has 0 amide bonds. The van der Waals surface area contributed by atoms with Gasteiger partial charge >= 0.3 is 0 Å². The Labute approximate surface area is 114 Å². The minimum atomic E-state index is -3.85. The highest BCUT2D eigenvalue weighted by Crippen LogP contribution is 2.17. The molecule has 0 heterocycles. The predicted molar refractivity (Wildman–Crippen MR) is 69.7 cm³/mol. The number of rotatable bonds is 6. The zero-order valence-electron chi connectivity index (χ0n) is 9.81. The number of sulfonamides is 1. The molecule has 0 saturated carbocycles. The number of hydrogen-bond acceptors (Lipinski definition) is 2. The molecule has 7 heteroatoms. The van der Waals surface area contributed by atoms with Crippen LogP contribution in [0.4, 0.5) is 8.78 Å². The van der Waals surface area contributed by atoms with Crippen molar-refractivity contribution in [2.75, 3.05) is 18.4 Å². The van der Waals surface area contributed by atoms with Gasteiger partial charge in [0.1, 0.15) is 0 Å². The van der Waals surface area contributed by atoms with Crippen LogP contribution in [0.5, 0.6) is 0 Å². The highest BCUT2D eigenvalue weighted by atomic mass is 79.9. The number of alkyl halides is 3. The molecule has 1 aromatic rings. The van der Waals surface area contributed by atoms with Gasteiger partial charge in [-0.3, -0.25) is 0 Å². The highest BCUT2D eigenvalue weighted by molar-refractivity contribution is 9.09. The summed E-state index contributed by atoms with van der Waals surface area (Å²) in [5, 5.41) is 0.310. The van der Waals surface area contributed by atoms with E-state index in [4.69, 9.17) is 0 Å². The van der Waals surface area contributed by atoms with E-state index in [0.29, 0.717) is 5.33 Å². The van der Waals surface area contributed by atoms with Crippen molar-refractivity contribution in [1.82, 2.24) is 4.31 Å². The molecule has 0 radical (unpaired) electrons. The van der Waals surface area contributed by atoms with Crippen LogP contribution in [0.15, 0.2) is 29.2 Å². The summed E-state index contributed by atoms with van der Waals surface area (Å²) in [5.41, 5.74) is 0.912. The number of aryl methyl sites for hydroxylation is 1. The van der Waals surface area contributed by atoms with Crippen LogP contribution in [0.3, 0.4) is 0 Å². The molecule has 102 valence electrons. The average molecular weight is 342 g/mol. The quantitative estimate of drug-likeness (QED) is 0.746. The van der Waals surface area contributed by atoms with Crippen LogP contribution in [0.25, 0.3) is 0 Å². The molecule has 0 atom stereocenters. The fourth-order valence-corrected chi connectivity index (χ4v) is 3.50. The van der Waals surface area contributed by atoms with Gasteiger partial charge in [0, 0.05) is 11.9 Å². The van der Waals surface area contributed by atoms with Crippen molar-refractivity contribution in [1.29, 1.82) is 0 Å². The SMILES string of the molecule is Cc1ccc(S(=O)(=O)N(CCBr)CC(F)F)cc1. The largest absolute Gasteiger partial charge is 0.252 e. The van der Waals surface area contributed by atoms with Crippen LogP contribution in [0, 0.1) is 6.92 Å². The van der Waals surface area contributed by atoms with Gasteiger partial charge in [-0.1, -0.05) is 33.6 Å². The van der Waals surface area contributed by atoms with Crippen molar-refractivity contribution in [3.8, 4) is 0 Å². The normalized spacial score (nSPS) is 12.3. The van der Waals surface area contributed by atoms with Crippen molar-refractivity contribution in [2.45, 2.75) is 18.2 Å². The molecule has 0 aliphatic carbocycles. The Kier molecular flexibility index (Phi) is 5.68. The summed E-state index contributed by atoms with van der Waals surface area (Å²) in [6.45, 7) is 1.05. The minimum absolute atomic E-state index is 0.0144. The summed E-state index contributed by atoms with van der Waals surface area (Å²) in [6.07, 6.45) is -2.69. The molecule has 0 unspecified atom stereocenters. The van der Waals surface area contributed by atoms with Gasteiger partial charge in [0.25, 0.3) is 6.43 Å². The molecule has 0 aliphatic rings. The van der Waals surface area contributed by atoms with Crippen LogP contribution in [0.2, 0.25) is 0 Å². The van der Waals surface area contributed by atoms with E-state index < -0.39 is 23.0 Å². The Bertz CT molecular complexity index is 476. The summed E-state index contributed by atoms with van der Waals surface area (Å²) in [5.74, 6) is 0. The van der Waals surface area contributed by atoms with E-state index in [1.165, 1.54) is 12.1 Å². The van der Waals surface area contributed by atoms with Crippen molar-refractivity contribution in [2.24, 2.45) is 0 Å². The predicted octanol–water partition coefficient (Wildman–Crippen LogP) is 2.65. The first-order chi connectivity index (χ1) is 8.37. The van der Waals surface area contributed by atoms with Gasteiger partial charge in [-0.05, 0) is 19.1 Å².